The van der Waals surface area contributed by atoms with Gasteiger partial charge in [0.15, 0.2) is 11.2 Å². The first-order chi connectivity index (χ1) is 18.2. The molecule has 38 heavy (non-hydrogen) atoms. The van der Waals surface area contributed by atoms with Crippen molar-refractivity contribution >= 4 is 72.7 Å². The molecule has 2 N–H and O–H groups in total. The number of carboxylic acid groups (broad SMARTS) is 1. The lowest BCUT2D eigenvalue weighted by atomic mass is 10.1. The summed E-state index contributed by atoms with van der Waals surface area (Å²) in [4.78, 5) is 30.5. The number of hydrogen-bond acceptors (Lipinski definition) is 9. The zero-order chi connectivity index (χ0) is 26.9. The first kappa shape index (κ1) is 25.9. The molecule has 2 aromatic heterocycles. The van der Waals surface area contributed by atoms with E-state index in [0.29, 0.717) is 22.6 Å². The van der Waals surface area contributed by atoms with E-state index in [0.717, 1.165) is 16.7 Å². The maximum Gasteiger partial charge on any atom is 0.331 e. The predicted octanol–water partition coefficient (Wildman–Crippen LogP) is 5.23. The molecule has 0 bridgehead atoms. The summed E-state index contributed by atoms with van der Waals surface area (Å²) in [6, 6.07) is 16.6. The number of carboxylic acids is 1. The minimum Gasteiger partial charge on any atom is -0.479 e. The van der Waals surface area contributed by atoms with E-state index in [1.54, 1.807) is 60.0 Å². The Labute approximate surface area is 230 Å². The van der Waals surface area contributed by atoms with E-state index in [2.05, 4.69) is 9.71 Å². The molecule has 0 radical (unpaired) electrons. The van der Waals surface area contributed by atoms with Gasteiger partial charge in [0.05, 0.1) is 9.80 Å². The summed E-state index contributed by atoms with van der Waals surface area (Å²) in [6.07, 6.45) is 3.01. The van der Waals surface area contributed by atoms with Crippen molar-refractivity contribution in [3.05, 3.63) is 94.5 Å². The molecule has 1 unspecified atom stereocenters. The minimum absolute atomic E-state index is 0.0679. The highest BCUT2D eigenvalue weighted by Gasteiger charge is 2.41. The summed E-state index contributed by atoms with van der Waals surface area (Å²) in [5, 5.41) is 11.8. The van der Waals surface area contributed by atoms with Gasteiger partial charge in [0, 0.05) is 23.2 Å². The van der Waals surface area contributed by atoms with Crippen LogP contribution < -0.4 is 4.72 Å². The Balaban J connectivity index is 1.35. The van der Waals surface area contributed by atoms with Crippen molar-refractivity contribution in [2.45, 2.75) is 10.9 Å². The molecule has 3 heterocycles. The SMILES string of the molecule is O=C(O)C(c1ccccc1)N1C(=O)/C(=C/c2ccc(-c3ccc(S(=O)(=O)Nc4nccs4)cc3)o2)SC1=S. The van der Waals surface area contributed by atoms with E-state index in [-0.39, 0.29) is 19.3 Å². The number of anilines is 1. The number of aliphatic carboxylic acids is 1. The van der Waals surface area contributed by atoms with Gasteiger partial charge >= 0.3 is 5.97 Å². The predicted molar refractivity (Wildman–Crippen MR) is 149 cm³/mol. The van der Waals surface area contributed by atoms with Gasteiger partial charge in [0.1, 0.15) is 15.8 Å². The number of benzene rings is 2. The molecule has 1 saturated heterocycles. The van der Waals surface area contributed by atoms with Crippen molar-refractivity contribution in [1.82, 2.24) is 9.88 Å². The second-order valence-corrected chi connectivity index (χ2v) is 12.1. The first-order valence-corrected chi connectivity index (χ1v) is 14.5. The molecule has 0 aliphatic carbocycles. The summed E-state index contributed by atoms with van der Waals surface area (Å²) in [7, 11) is -3.78. The molecule has 1 aliphatic rings. The summed E-state index contributed by atoms with van der Waals surface area (Å²) in [5.41, 5.74) is 1.06. The molecule has 1 amide bonds. The van der Waals surface area contributed by atoms with Gasteiger partial charge in [-0.15, -0.1) is 11.3 Å². The van der Waals surface area contributed by atoms with Crippen LogP contribution in [0.1, 0.15) is 17.4 Å². The van der Waals surface area contributed by atoms with Gasteiger partial charge in [-0.05, 0) is 42.0 Å². The molecular formula is C25H17N3O6S4. The molecule has 2 aromatic carbocycles. The number of nitrogens with one attached hydrogen (secondary N) is 1. The van der Waals surface area contributed by atoms with Gasteiger partial charge < -0.3 is 9.52 Å². The Morgan fingerprint density at radius 1 is 1.11 bits per heavy atom. The normalized spacial score (nSPS) is 15.7. The van der Waals surface area contributed by atoms with Gasteiger partial charge in [0.2, 0.25) is 0 Å². The molecule has 5 rings (SSSR count). The topological polar surface area (TPSA) is 130 Å². The zero-order valence-electron chi connectivity index (χ0n) is 19.2. The van der Waals surface area contributed by atoms with Gasteiger partial charge in [0.25, 0.3) is 15.9 Å². The number of thiazole rings is 1. The average Bonchev–Trinajstić information content (AvgIpc) is 3.63. The second kappa shape index (κ2) is 10.5. The summed E-state index contributed by atoms with van der Waals surface area (Å²) in [6.45, 7) is 0. The molecule has 1 atom stereocenters. The Kier molecular flexibility index (Phi) is 7.17. The summed E-state index contributed by atoms with van der Waals surface area (Å²) < 4.78 is 33.5. The molecule has 1 aliphatic heterocycles. The van der Waals surface area contributed by atoms with Crippen LogP contribution in [0.15, 0.2) is 92.5 Å². The lowest BCUT2D eigenvalue weighted by Gasteiger charge is -2.23. The molecule has 1 fully saturated rings. The van der Waals surface area contributed by atoms with Crippen molar-refractivity contribution in [3.63, 3.8) is 0 Å². The number of amides is 1. The molecule has 13 heteroatoms. The fourth-order valence-corrected chi connectivity index (χ4v) is 6.78. The quantitative estimate of drug-likeness (QED) is 0.211. The van der Waals surface area contributed by atoms with Crippen LogP contribution in [0, 0.1) is 0 Å². The summed E-state index contributed by atoms with van der Waals surface area (Å²) in [5.74, 6) is -0.914. The Bertz CT molecular complexity index is 1650. The van der Waals surface area contributed by atoms with E-state index in [9.17, 15) is 23.1 Å². The number of thioether (sulfide) groups is 1. The van der Waals surface area contributed by atoms with Crippen LogP contribution in [0.2, 0.25) is 0 Å². The van der Waals surface area contributed by atoms with Crippen LogP contribution in [0.3, 0.4) is 0 Å². The average molecular weight is 584 g/mol. The van der Waals surface area contributed by atoms with Crippen LogP contribution in [-0.4, -0.2) is 39.6 Å². The monoisotopic (exact) mass is 583 g/mol. The molecular weight excluding hydrogens is 567 g/mol. The number of aromatic nitrogens is 1. The van der Waals surface area contributed by atoms with Crippen molar-refractivity contribution in [1.29, 1.82) is 0 Å². The van der Waals surface area contributed by atoms with Crippen molar-refractivity contribution in [2.24, 2.45) is 0 Å². The largest absolute Gasteiger partial charge is 0.479 e. The van der Waals surface area contributed by atoms with Gasteiger partial charge in [-0.2, -0.15) is 0 Å². The van der Waals surface area contributed by atoms with Crippen molar-refractivity contribution in [2.75, 3.05) is 4.72 Å². The van der Waals surface area contributed by atoms with Gasteiger partial charge in [-0.1, -0.05) is 54.3 Å². The van der Waals surface area contributed by atoms with Crippen LogP contribution in [0.4, 0.5) is 5.13 Å². The molecule has 0 spiro atoms. The lowest BCUT2D eigenvalue weighted by Crippen LogP contribution is -2.37. The van der Waals surface area contributed by atoms with E-state index >= 15 is 0 Å². The maximum atomic E-state index is 13.1. The van der Waals surface area contributed by atoms with Crippen LogP contribution in [0.5, 0.6) is 0 Å². The molecule has 192 valence electrons. The number of rotatable bonds is 8. The number of thiocarbonyl (C=S) groups is 1. The number of carbonyl (C=O) groups is 2. The molecule has 0 saturated carbocycles. The number of nitrogens with zero attached hydrogens (tertiary/aromatic N) is 2. The van der Waals surface area contributed by atoms with Gasteiger partial charge in [-0.3, -0.25) is 14.4 Å². The first-order valence-electron chi connectivity index (χ1n) is 10.9. The fourth-order valence-electron chi connectivity index (χ4n) is 3.70. The Hall–Kier alpha value is -3.78. The maximum absolute atomic E-state index is 13.1. The van der Waals surface area contributed by atoms with Crippen molar-refractivity contribution in [3.8, 4) is 11.3 Å². The Morgan fingerprint density at radius 2 is 1.84 bits per heavy atom. The third-order valence-electron chi connectivity index (χ3n) is 5.43. The van der Waals surface area contributed by atoms with Gasteiger partial charge in [-0.25, -0.2) is 18.2 Å². The number of carbonyl (C=O) groups excluding carboxylic acids is 1. The third kappa shape index (κ3) is 5.27. The number of hydrogen-bond donors (Lipinski definition) is 2. The minimum atomic E-state index is -3.78. The van der Waals surface area contributed by atoms with Crippen LogP contribution in [0.25, 0.3) is 17.4 Å². The standard InChI is InChI=1S/C25H17N3O6S4/c29-22-20(37-25(35)28(22)21(23(30)31)16-4-2-1-3-5-16)14-17-8-11-19(34-17)15-6-9-18(10-7-15)38(32,33)27-24-26-12-13-36-24/h1-14,21H,(H,26,27)(H,30,31)/b20-14-. The van der Waals surface area contributed by atoms with Crippen LogP contribution in [-0.2, 0) is 19.6 Å². The smallest absolute Gasteiger partial charge is 0.331 e. The van der Waals surface area contributed by atoms with Crippen LogP contribution >= 0.6 is 35.3 Å². The number of furan rings is 1. The Morgan fingerprint density at radius 3 is 2.50 bits per heavy atom. The molecule has 4 aromatic rings. The lowest BCUT2D eigenvalue weighted by molar-refractivity contribution is -0.145. The highest BCUT2D eigenvalue weighted by atomic mass is 32.2. The highest BCUT2D eigenvalue weighted by molar-refractivity contribution is 8.26. The fraction of sp³-hybridized carbons (Fsp3) is 0.0400. The third-order valence-corrected chi connectivity index (χ3v) is 8.94. The van der Waals surface area contributed by atoms with E-state index in [4.69, 9.17) is 16.6 Å². The molecule has 9 nitrogen and oxygen atoms in total. The second-order valence-electron chi connectivity index (χ2n) is 7.87. The van der Waals surface area contributed by atoms with E-state index < -0.39 is 27.9 Å². The summed E-state index contributed by atoms with van der Waals surface area (Å²) >= 11 is 7.51. The van der Waals surface area contributed by atoms with E-state index in [1.807, 2.05) is 0 Å². The number of sulfonamides is 1. The van der Waals surface area contributed by atoms with Crippen molar-refractivity contribution < 1.29 is 27.5 Å². The highest BCUT2D eigenvalue weighted by Crippen LogP contribution is 2.39. The van der Waals surface area contributed by atoms with E-state index in [1.165, 1.54) is 35.7 Å². The zero-order valence-corrected chi connectivity index (χ0v) is 22.4.